The van der Waals surface area contributed by atoms with E-state index in [0.717, 1.165) is 63.3 Å². The van der Waals surface area contributed by atoms with Gasteiger partial charge in [-0.2, -0.15) is 0 Å². The fraction of sp³-hybridized carbons (Fsp3) is 0.682. The second-order valence-electron chi connectivity index (χ2n) is 8.17. The van der Waals surface area contributed by atoms with Crippen LogP contribution in [0.5, 0.6) is 5.75 Å². The molecule has 2 aliphatic heterocycles. The number of aryl methyl sites for hydroxylation is 1. The maximum absolute atomic E-state index is 5.73. The Hall–Kier alpha value is -1.75. The SMILES string of the molecule is CN=C(NCC1(c2cc(C)ccc2OC)CCOCC1)N1CCC(C)CC1. The van der Waals surface area contributed by atoms with E-state index < -0.39 is 0 Å². The van der Waals surface area contributed by atoms with Gasteiger partial charge in [-0.1, -0.05) is 24.6 Å². The zero-order valence-corrected chi connectivity index (χ0v) is 17.4. The van der Waals surface area contributed by atoms with Crippen LogP contribution in [0.2, 0.25) is 0 Å². The zero-order chi connectivity index (χ0) is 19.3. The topological polar surface area (TPSA) is 46.1 Å². The maximum Gasteiger partial charge on any atom is 0.193 e. The third-order valence-electron chi connectivity index (χ3n) is 6.26. The smallest absolute Gasteiger partial charge is 0.193 e. The second-order valence-corrected chi connectivity index (χ2v) is 8.17. The van der Waals surface area contributed by atoms with Crippen LogP contribution in [0.4, 0.5) is 0 Å². The molecular weight excluding hydrogens is 338 g/mol. The van der Waals surface area contributed by atoms with Gasteiger partial charge in [0.1, 0.15) is 5.75 Å². The van der Waals surface area contributed by atoms with Crippen molar-refractivity contribution < 1.29 is 9.47 Å². The van der Waals surface area contributed by atoms with Crippen LogP contribution in [0.15, 0.2) is 23.2 Å². The van der Waals surface area contributed by atoms with Gasteiger partial charge in [-0.05, 0) is 44.6 Å². The largest absolute Gasteiger partial charge is 0.496 e. The van der Waals surface area contributed by atoms with Gasteiger partial charge in [0.2, 0.25) is 0 Å². The summed E-state index contributed by atoms with van der Waals surface area (Å²) in [6.07, 6.45) is 4.47. The average molecular weight is 374 g/mol. The molecule has 2 aliphatic rings. The highest BCUT2D eigenvalue weighted by Crippen LogP contribution is 2.40. The Labute approximate surface area is 164 Å². The molecule has 0 atom stereocenters. The quantitative estimate of drug-likeness (QED) is 0.649. The van der Waals surface area contributed by atoms with Crippen molar-refractivity contribution in [2.45, 2.75) is 44.9 Å². The van der Waals surface area contributed by atoms with Crippen molar-refractivity contribution in [3.63, 3.8) is 0 Å². The Kier molecular flexibility index (Phi) is 6.64. The number of piperidine rings is 1. The first-order valence-electron chi connectivity index (χ1n) is 10.3. The van der Waals surface area contributed by atoms with Gasteiger partial charge in [-0.15, -0.1) is 0 Å². The molecule has 1 aromatic carbocycles. The normalized spacial score (nSPS) is 21.2. The van der Waals surface area contributed by atoms with Crippen LogP contribution in [0.1, 0.15) is 43.7 Å². The van der Waals surface area contributed by atoms with Crippen LogP contribution in [-0.4, -0.2) is 57.9 Å². The van der Waals surface area contributed by atoms with Crippen molar-refractivity contribution in [3.8, 4) is 5.75 Å². The van der Waals surface area contributed by atoms with E-state index in [1.165, 1.54) is 24.0 Å². The predicted molar refractivity (Wildman–Crippen MR) is 111 cm³/mol. The van der Waals surface area contributed by atoms with Crippen molar-refractivity contribution in [1.82, 2.24) is 10.2 Å². The van der Waals surface area contributed by atoms with Gasteiger partial charge in [0.25, 0.3) is 0 Å². The van der Waals surface area contributed by atoms with Gasteiger partial charge in [-0.3, -0.25) is 4.99 Å². The fourth-order valence-corrected chi connectivity index (χ4v) is 4.34. The van der Waals surface area contributed by atoms with Crippen LogP contribution in [0.25, 0.3) is 0 Å². The summed E-state index contributed by atoms with van der Waals surface area (Å²) in [6, 6.07) is 6.51. The van der Waals surface area contributed by atoms with Crippen LogP contribution in [0.3, 0.4) is 0 Å². The molecule has 1 N–H and O–H groups in total. The number of aliphatic imine (C=N–C) groups is 1. The van der Waals surface area contributed by atoms with E-state index in [1.54, 1.807) is 7.11 Å². The number of rotatable bonds is 4. The molecule has 0 spiro atoms. The standard InChI is InChI=1S/C22H35N3O2/c1-17-7-11-25(12-8-17)21(23-3)24-16-22(9-13-27-14-10-22)19-15-18(2)5-6-20(19)26-4/h5-6,15,17H,7-14,16H2,1-4H3,(H,23,24). The molecule has 3 rings (SSSR count). The van der Waals surface area contributed by atoms with Crippen molar-refractivity contribution in [2.75, 3.05) is 47.0 Å². The molecular formula is C22H35N3O2. The monoisotopic (exact) mass is 373 g/mol. The minimum Gasteiger partial charge on any atom is -0.496 e. The number of hydrogen-bond acceptors (Lipinski definition) is 3. The summed E-state index contributed by atoms with van der Waals surface area (Å²) in [7, 11) is 3.66. The Morgan fingerprint density at radius 2 is 2.00 bits per heavy atom. The fourth-order valence-electron chi connectivity index (χ4n) is 4.34. The summed E-state index contributed by atoms with van der Waals surface area (Å²) in [5.41, 5.74) is 2.57. The van der Waals surface area contributed by atoms with Crippen molar-refractivity contribution in [3.05, 3.63) is 29.3 Å². The first kappa shape index (κ1) is 20.0. The lowest BCUT2D eigenvalue weighted by molar-refractivity contribution is 0.0502. The highest BCUT2D eigenvalue weighted by Gasteiger charge is 2.37. The third kappa shape index (κ3) is 4.57. The van der Waals surface area contributed by atoms with Gasteiger partial charge in [-0.25, -0.2) is 0 Å². The first-order chi connectivity index (χ1) is 13.1. The molecule has 0 bridgehead atoms. The molecule has 0 saturated carbocycles. The Morgan fingerprint density at radius 1 is 1.30 bits per heavy atom. The Balaban J connectivity index is 1.80. The number of methoxy groups -OCH3 is 1. The van der Waals surface area contributed by atoms with E-state index in [0.29, 0.717) is 0 Å². The molecule has 2 saturated heterocycles. The summed E-state index contributed by atoms with van der Waals surface area (Å²) < 4.78 is 11.4. The molecule has 2 fully saturated rings. The van der Waals surface area contributed by atoms with Crippen molar-refractivity contribution in [1.29, 1.82) is 0 Å². The molecule has 150 valence electrons. The van der Waals surface area contributed by atoms with Crippen molar-refractivity contribution >= 4 is 5.96 Å². The van der Waals surface area contributed by atoms with E-state index in [2.05, 4.69) is 47.3 Å². The molecule has 27 heavy (non-hydrogen) atoms. The molecule has 1 aromatic rings. The minimum atomic E-state index is 0.00856. The lowest BCUT2D eigenvalue weighted by Crippen LogP contribution is -2.51. The third-order valence-corrected chi connectivity index (χ3v) is 6.26. The maximum atomic E-state index is 5.73. The minimum absolute atomic E-state index is 0.00856. The molecule has 2 heterocycles. The number of guanidine groups is 1. The number of ether oxygens (including phenoxy) is 2. The van der Waals surface area contributed by atoms with Crippen LogP contribution in [-0.2, 0) is 10.2 Å². The second kappa shape index (κ2) is 8.96. The van der Waals surface area contributed by atoms with Crippen LogP contribution >= 0.6 is 0 Å². The molecule has 0 unspecified atom stereocenters. The first-order valence-corrected chi connectivity index (χ1v) is 10.3. The number of benzene rings is 1. The molecule has 5 nitrogen and oxygen atoms in total. The summed E-state index contributed by atoms with van der Waals surface area (Å²) >= 11 is 0. The molecule has 5 heteroatoms. The highest BCUT2D eigenvalue weighted by atomic mass is 16.5. The Bertz CT molecular complexity index is 645. The Morgan fingerprint density at radius 3 is 2.63 bits per heavy atom. The molecule has 0 amide bonds. The van der Waals surface area contributed by atoms with E-state index in [1.807, 2.05) is 7.05 Å². The van der Waals surface area contributed by atoms with Crippen molar-refractivity contribution in [2.24, 2.45) is 10.9 Å². The lowest BCUT2D eigenvalue weighted by Gasteiger charge is -2.40. The summed E-state index contributed by atoms with van der Waals surface area (Å²) in [5, 5.41) is 3.70. The lowest BCUT2D eigenvalue weighted by atomic mass is 9.73. The van der Waals surface area contributed by atoms with Gasteiger partial charge in [0, 0.05) is 50.9 Å². The van der Waals surface area contributed by atoms with E-state index in [4.69, 9.17) is 9.47 Å². The summed E-state index contributed by atoms with van der Waals surface area (Å²) in [5.74, 6) is 2.82. The van der Waals surface area contributed by atoms with Crippen LogP contribution < -0.4 is 10.1 Å². The zero-order valence-electron chi connectivity index (χ0n) is 17.4. The van der Waals surface area contributed by atoms with Gasteiger partial charge in [0.05, 0.1) is 7.11 Å². The number of nitrogens with one attached hydrogen (secondary N) is 1. The summed E-state index contributed by atoms with van der Waals surface area (Å²) in [4.78, 5) is 6.98. The van der Waals surface area contributed by atoms with E-state index >= 15 is 0 Å². The van der Waals surface area contributed by atoms with Crippen LogP contribution in [0, 0.1) is 12.8 Å². The van der Waals surface area contributed by atoms with E-state index in [9.17, 15) is 0 Å². The van der Waals surface area contributed by atoms with Gasteiger partial charge < -0.3 is 19.7 Å². The van der Waals surface area contributed by atoms with E-state index in [-0.39, 0.29) is 5.41 Å². The van der Waals surface area contributed by atoms with Gasteiger partial charge in [0.15, 0.2) is 5.96 Å². The average Bonchev–Trinajstić information content (AvgIpc) is 2.70. The molecule has 0 aromatic heterocycles. The molecule has 0 radical (unpaired) electrons. The number of nitrogens with zero attached hydrogens (tertiary/aromatic N) is 2. The highest BCUT2D eigenvalue weighted by molar-refractivity contribution is 5.80. The summed E-state index contributed by atoms with van der Waals surface area (Å²) in [6.45, 7) is 9.10. The molecule has 0 aliphatic carbocycles. The number of likely N-dealkylation sites (tertiary alicyclic amines) is 1. The number of hydrogen-bond donors (Lipinski definition) is 1. The predicted octanol–water partition coefficient (Wildman–Crippen LogP) is 3.36. The van der Waals surface area contributed by atoms with Gasteiger partial charge >= 0.3 is 0 Å².